The van der Waals surface area contributed by atoms with Crippen molar-refractivity contribution in [1.29, 1.82) is 5.26 Å². The molecule has 2 aromatic rings. The highest BCUT2D eigenvalue weighted by Crippen LogP contribution is 2.05. The van der Waals surface area contributed by atoms with Gasteiger partial charge >= 0.3 is 0 Å². The van der Waals surface area contributed by atoms with Crippen LogP contribution in [0.3, 0.4) is 0 Å². The van der Waals surface area contributed by atoms with Crippen LogP contribution in [0.5, 0.6) is 0 Å². The Morgan fingerprint density at radius 2 is 1.50 bits per heavy atom. The van der Waals surface area contributed by atoms with Gasteiger partial charge in [-0.25, -0.2) is 0 Å². The van der Waals surface area contributed by atoms with E-state index in [0.29, 0.717) is 12.8 Å². The van der Waals surface area contributed by atoms with Gasteiger partial charge in [0.2, 0.25) is 5.91 Å². The van der Waals surface area contributed by atoms with Gasteiger partial charge in [-0.3, -0.25) is 4.79 Å². The molecule has 3 N–H and O–H groups in total. The Hall–Kier alpha value is -2.64. The van der Waals surface area contributed by atoms with Gasteiger partial charge in [0.05, 0.1) is 12.1 Å². The average Bonchev–Trinajstić information content (AvgIpc) is 2.56. The molecule has 22 heavy (non-hydrogen) atoms. The van der Waals surface area contributed by atoms with Crippen molar-refractivity contribution in [2.24, 2.45) is 5.73 Å². The van der Waals surface area contributed by atoms with Gasteiger partial charge in [0.15, 0.2) is 0 Å². The van der Waals surface area contributed by atoms with E-state index in [1.54, 1.807) is 0 Å². The minimum atomic E-state index is -0.658. The molecule has 0 aliphatic rings. The summed E-state index contributed by atoms with van der Waals surface area (Å²) in [6, 6.07) is 20.1. The van der Waals surface area contributed by atoms with Crippen LogP contribution in [0, 0.1) is 11.3 Å². The maximum Gasteiger partial charge on any atom is 0.238 e. The zero-order valence-electron chi connectivity index (χ0n) is 12.3. The van der Waals surface area contributed by atoms with E-state index in [-0.39, 0.29) is 5.91 Å². The van der Waals surface area contributed by atoms with Crippen LogP contribution >= 0.6 is 0 Å². The summed E-state index contributed by atoms with van der Waals surface area (Å²) < 4.78 is 0. The molecular weight excluding hydrogens is 274 g/mol. The van der Waals surface area contributed by atoms with Crippen LogP contribution in [-0.4, -0.2) is 18.0 Å². The molecular formula is C18H19N3O. The second-order valence-electron chi connectivity index (χ2n) is 5.18. The summed E-state index contributed by atoms with van der Waals surface area (Å²) in [5, 5.41) is 11.9. The molecule has 2 rings (SSSR count). The number of benzene rings is 2. The summed E-state index contributed by atoms with van der Waals surface area (Å²) in [5.74, 6) is -0.300. The summed E-state index contributed by atoms with van der Waals surface area (Å²) in [6.45, 7) is 0. The maximum absolute atomic E-state index is 12.1. The highest BCUT2D eigenvalue weighted by atomic mass is 16.2. The number of carbonyl (C=O) groups excluding carboxylic acids is 1. The number of nitrogens with two attached hydrogens (primary N) is 1. The van der Waals surface area contributed by atoms with Gasteiger partial charge in [0.25, 0.3) is 0 Å². The molecule has 1 amide bonds. The molecule has 0 fully saturated rings. The van der Waals surface area contributed by atoms with E-state index >= 15 is 0 Å². The molecule has 2 atom stereocenters. The van der Waals surface area contributed by atoms with E-state index in [1.807, 2.05) is 60.7 Å². The van der Waals surface area contributed by atoms with Crippen LogP contribution in [0.4, 0.5) is 0 Å². The summed E-state index contributed by atoms with van der Waals surface area (Å²) in [4.78, 5) is 12.1. The third-order valence-electron chi connectivity index (χ3n) is 3.39. The van der Waals surface area contributed by atoms with Gasteiger partial charge in [-0.15, -0.1) is 0 Å². The van der Waals surface area contributed by atoms with Crippen LogP contribution in [0.15, 0.2) is 60.7 Å². The van der Waals surface area contributed by atoms with Crippen LogP contribution in [0.1, 0.15) is 11.1 Å². The number of hydrogen-bond acceptors (Lipinski definition) is 3. The molecule has 0 radical (unpaired) electrons. The zero-order valence-corrected chi connectivity index (χ0v) is 12.3. The van der Waals surface area contributed by atoms with E-state index in [0.717, 1.165) is 11.1 Å². The van der Waals surface area contributed by atoms with Gasteiger partial charge in [-0.1, -0.05) is 60.7 Å². The number of nitrogens with one attached hydrogen (secondary N) is 1. The average molecular weight is 293 g/mol. The molecule has 112 valence electrons. The fourth-order valence-corrected chi connectivity index (χ4v) is 2.22. The molecule has 0 aliphatic heterocycles. The summed E-state index contributed by atoms with van der Waals surface area (Å²) in [7, 11) is 0. The molecule has 0 saturated carbocycles. The highest BCUT2D eigenvalue weighted by Gasteiger charge is 2.18. The monoisotopic (exact) mass is 293 g/mol. The lowest BCUT2D eigenvalue weighted by Crippen LogP contribution is -2.46. The Kier molecular flexibility index (Phi) is 5.70. The predicted octanol–water partition coefficient (Wildman–Crippen LogP) is 1.81. The van der Waals surface area contributed by atoms with Crippen LogP contribution in [0.25, 0.3) is 0 Å². The summed E-state index contributed by atoms with van der Waals surface area (Å²) in [6.07, 6.45) is 0.928. The fourth-order valence-electron chi connectivity index (χ4n) is 2.22. The number of rotatable bonds is 6. The Balaban J connectivity index is 1.90. The normalized spacial score (nSPS) is 12.9. The number of amides is 1. The first-order valence-electron chi connectivity index (χ1n) is 7.22. The van der Waals surface area contributed by atoms with E-state index in [2.05, 4.69) is 11.4 Å². The van der Waals surface area contributed by atoms with Crippen molar-refractivity contribution in [3.05, 3.63) is 71.8 Å². The third kappa shape index (κ3) is 4.72. The standard InChI is InChI=1S/C18H19N3O/c19-13-16(11-14-7-3-1-4-8-14)21-18(22)17(20)12-15-9-5-2-6-10-15/h1-10,16-17H,11-12,20H2,(H,21,22)/t16?,17-/m0/s1. The Morgan fingerprint density at radius 3 is 2.00 bits per heavy atom. The van der Waals surface area contributed by atoms with Gasteiger partial charge < -0.3 is 11.1 Å². The first-order chi connectivity index (χ1) is 10.7. The van der Waals surface area contributed by atoms with Gasteiger partial charge in [-0.2, -0.15) is 5.26 Å². The lowest BCUT2D eigenvalue weighted by molar-refractivity contribution is -0.122. The fraction of sp³-hybridized carbons (Fsp3) is 0.222. The van der Waals surface area contributed by atoms with Crippen LogP contribution in [0.2, 0.25) is 0 Å². The van der Waals surface area contributed by atoms with Crippen molar-refractivity contribution in [1.82, 2.24) is 5.32 Å². The minimum absolute atomic E-state index is 0.300. The maximum atomic E-state index is 12.1. The second kappa shape index (κ2) is 7.96. The highest BCUT2D eigenvalue weighted by molar-refractivity contribution is 5.82. The van der Waals surface area contributed by atoms with E-state index in [4.69, 9.17) is 5.73 Å². The first-order valence-corrected chi connectivity index (χ1v) is 7.22. The van der Waals surface area contributed by atoms with Crippen molar-refractivity contribution < 1.29 is 4.79 Å². The second-order valence-corrected chi connectivity index (χ2v) is 5.18. The number of hydrogen-bond donors (Lipinski definition) is 2. The Morgan fingerprint density at radius 1 is 1.00 bits per heavy atom. The Labute approximate surface area is 130 Å². The number of nitriles is 1. The Bertz CT molecular complexity index is 634. The molecule has 4 heteroatoms. The lowest BCUT2D eigenvalue weighted by Gasteiger charge is -2.16. The van der Waals surface area contributed by atoms with E-state index in [1.165, 1.54) is 0 Å². The molecule has 0 aliphatic carbocycles. The molecule has 0 spiro atoms. The molecule has 2 aromatic carbocycles. The van der Waals surface area contributed by atoms with Crippen molar-refractivity contribution in [3.8, 4) is 6.07 Å². The van der Waals surface area contributed by atoms with Crippen molar-refractivity contribution >= 4 is 5.91 Å². The largest absolute Gasteiger partial charge is 0.339 e. The summed E-state index contributed by atoms with van der Waals surface area (Å²) in [5.41, 5.74) is 7.93. The number of carbonyl (C=O) groups is 1. The SMILES string of the molecule is N#CC(Cc1ccccc1)NC(=O)[C@@H](N)Cc1ccccc1. The van der Waals surface area contributed by atoms with Gasteiger partial charge in [0, 0.05) is 6.42 Å². The topological polar surface area (TPSA) is 78.9 Å². The quantitative estimate of drug-likeness (QED) is 0.852. The smallest absolute Gasteiger partial charge is 0.238 e. The molecule has 0 heterocycles. The minimum Gasteiger partial charge on any atom is -0.339 e. The van der Waals surface area contributed by atoms with E-state index in [9.17, 15) is 10.1 Å². The van der Waals surface area contributed by atoms with E-state index < -0.39 is 12.1 Å². The molecule has 0 saturated heterocycles. The van der Waals surface area contributed by atoms with Crippen molar-refractivity contribution in [2.45, 2.75) is 24.9 Å². The van der Waals surface area contributed by atoms with Crippen molar-refractivity contribution in [3.63, 3.8) is 0 Å². The summed E-state index contributed by atoms with van der Waals surface area (Å²) >= 11 is 0. The molecule has 0 aromatic heterocycles. The van der Waals surface area contributed by atoms with Crippen molar-refractivity contribution in [2.75, 3.05) is 0 Å². The molecule has 1 unspecified atom stereocenters. The molecule has 4 nitrogen and oxygen atoms in total. The lowest BCUT2D eigenvalue weighted by atomic mass is 10.0. The third-order valence-corrected chi connectivity index (χ3v) is 3.39. The van der Waals surface area contributed by atoms with Crippen LogP contribution < -0.4 is 11.1 Å². The van der Waals surface area contributed by atoms with Gasteiger partial charge in [-0.05, 0) is 17.5 Å². The van der Waals surface area contributed by atoms with Gasteiger partial charge in [0.1, 0.15) is 6.04 Å². The molecule has 0 bridgehead atoms. The van der Waals surface area contributed by atoms with Crippen LogP contribution in [-0.2, 0) is 17.6 Å². The number of nitrogens with zero attached hydrogens (tertiary/aromatic N) is 1. The first kappa shape index (κ1) is 15.7. The predicted molar refractivity (Wildman–Crippen MR) is 85.8 cm³/mol. The zero-order chi connectivity index (χ0) is 15.8.